The fourth-order valence-electron chi connectivity index (χ4n) is 2.56. The summed E-state index contributed by atoms with van der Waals surface area (Å²) in [7, 11) is 1.90. The van der Waals surface area contributed by atoms with Crippen molar-refractivity contribution in [3.8, 4) is 0 Å². The van der Waals surface area contributed by atoms with Crippen LogP contribution in [0.2, 0.25) is 0 Å². The smallest absolute Gasteiger partial charge is 0.265 e. The lowest BCUT2D eigenvalue weighted by Crippen LogP contribution is -2.16. The molecule has 5 nitrogen and oxygen atoms in total. The number of thiophene rings is 1. The molecule has 2 heterocycles. The van der Waals surface area contributed by atoms with Crippen LogP contribution in [0.15, 0.2) is 30.3 Å². The van der Waals surface area contributed by atoms with Gasteiger partial charge in [0.05, 0.1) is 10.6 Å². The summed E-state index contributed by atoms with van der Waals surface area (Å²) in [5, 5.41) is 11.7. The van der Waals surface area contributed by atoms with Gasteiger partial charge < -0.3 is 10.6 Å². The van der Waals surface area contributed by atoms with Crippen molar-refractivity contribution >= 4 is 33.1 Å². The number of carbonyl (C=O) groups excluding carboxylic acids is 1. The summed E-state index contributed by atoms with van der Waals surface area (Å²) in [6.45, 7) is 5.66. The average molecular weight is 328 g/mol. The quantitative estimate of drug-likeness (QED) is 0.755. The second-order valence-electron chi connectivity index (χ2n) is 5.43. The molecule has 120 valence electrons. The number of nitrogens with zero attached hydrogens (tertiary/aromatic N) is 2. The average Bonchev–Trinajstić information content (AvgIpc) is 3.09. The largest absolute Gasteiger partial charge is 0.321 e. The van der Waals surface area contributed by atoms with Gasteiger partial charge >= 0.3 is 0 Å². The summed E-state index contributed by atoms with van der Waals surface area (Å²) < 4.78 is 1.82. The Morgan fingerprint density at radius 1 is 1.35 bits per heavy atom. The van der Waals surface area contributed by atoms with Gasteiger partial charge in [-0.25, -0.2) is 0 Å². The van der Waals surface area contributed by atoms with Crippen LogP contribution in [0.3, 0.4) is 0 Å². The lowest BCUT2D eigenvalue weighted by Gasteiger charge is -2.10. The van der Waals surface area contributed by atoms with E-state index in [1.54, 1.807) is 0 Å². The number of para-hydroxylation sites is 1. The summed E-state index contributed by atoms with van der Waals surface area (Å²) in [6, 6.07) is 9.80. The third kappa shape index (κ3) is 3.13. The van der Waals surface area contributed by atoms with E-state index in [1.807, 2.05) is 49.0 Å². The summed E-state index contributed by atoms with van der Waals surface area (Å²) in [5.41, 5.74) is 2.89. The minimum absolute atomic E-state index is 0.0745. The van der Waals surface area contributed by atoms with E-state index in [2.05, 4.69) is 22.7 Å². The molecule has 1 aromatic carbocycles. The van der Waals surface area contributed by atoms with Gasteiger partial charge in [-0.05, 0) is 31.2 Å². The maximum Gasteiger partial charge on any atom is 0.265 e. The number of hydrogen-bond donors (Lipinski definition) is 2. The molecule has 0 bridgehead atoms. The molecule has 0 aliphatic carbocycles. The number of nitrogens with one attached hydrogen (secondary N) is 2. The molecule has 0 atom stereocenters. The van der Waals surface area contributed by atoms with Gasteiger partial charge in [0.15, 0.2) is 0 Å². The Kier molecular flexibility index (Phi) is 4.45. The molecule has 0 fully saturated rings. The van der Waals surface area contributed by atoms with E-state index >= 15 is 0 Å². The molecule has 0 saturated carbocycles. The Morgan fingerprint density at radius 2 is 2.13 bits per heavy atom. The van der Waals surface area contributed by atoms with Crippen molar-refractivity contribution in [2.24, 2.45) is 7.05 Å². The molecule has 1 amide bonds. The topological polar surface area (TPSA) is 58.9 Å². The Labute approximate surface area is 139 Å². The molecule has 0 saturated heterocycles. The standard InChI is InChI=1S/C17H20N4OS/c1-4-18-10-12-7-5-6-8-14(12)19-16(22)15-9-13-11(2)20-21(3)17(13)23-15/h5-9,18H,4,10H2,1-3H3,(H,19,22). The van der Waals surface area contributed by atoms with Crippen molar-refractivity contribution in [3.05, 3.63) is 46.5 Å². The van der Waals surface area contributed by atoms with E-state index in [4.69, 9.17) is 0 Å². The van der Waals surface area contributed by atoms with Gasteiger partial charge in [-0.3, -0.25) is 9.48 Å². The summed E-state index contributed by atoms with van der Waals surface area (Å²) in [6.07, 6.45) is 0. The van der Waals surface area contributed by atoms with Gasteiger partial charge in [0.25, 0.3) is 5.91 Å². The first-order valence-electron chi connectivity index (χ1n) is 7.63. The third-order valence-corrected chi connectivity index (χ3v) is 4.95. The van der Waals surface area contributed by atoms with Gasteiger partial charge in [0.1, 0.15) is 4.83 Å². The highest BCUT2D eigenvalue weighted by molar-refractivity contribution is 7.20. The molecule has 23 heavy (non-hydrogen) atoms. The number of carbonyl (C=O) groups is 1. The number of anilines is 1. The molecule has 0 aliphatic heterocycles. The molecule has 6 heteroatoms. The lowest BCUT2D eigenvalue weighted by molar-refractivity contribution is 0.103. The van der Waals surface area contributed by atoms with Crippen LogP contribution in [0.25, 0.3) is 10.2 Å². The van der Waals surface area contributed by atoms with Gasteiger partial charge in [0.2, 0.25) is 0 Å². The summed E-state index contributed by atoms with van der Waals surface area (Å²) in [5.74, 6) is -0.0745. The van der Waals surface area contributed by atoms with E-state index < -0.39 is 0 Å². The van der Waals surface area contributed by atoms with E-state index in [0.29, 0.717) is 4.88 Å². The van der Waals surface area contributed by atoms with Crippen molar-refractivity contribution in [3.63, 3.8) is 0 Å². The maximum absolute atomic E-state index is 12.6. The van der Waals surface area contributed by atoms with Crippen LogP contribution < -0.4 is 10.6 Å². The normalized spacial score (nSPS) is 11.1. The highest BCUT2D eigenvalue weighted by atomic mass is 32.1. The number of amides is 1. The first kappa shape index (κ1) is 15.7. The number of hydrogen-bond acceptors (Lipinski definition) is 4. The molecule has 0 aliphatic rings. The molecule has 2 N–H and O–H groups in total. The minimum Gasteiger partial charge on any atom is -0.321 e. The van der Waals surface area contributed by atoms with Crippen LogP contribution >= 0.6 is 11.3 Å². The number of aryl methyl sites for hydroxylation is 2. The highest BCUT2D eigenvalue weighted by Gasteiger charge is 2.16. The molecule has 0 radical (unpaired) electrons. The van der Waals surface area contributed by atoms with E-state index in [9.17, 15) is 4.79 Å². The minimum atomic E-state index is -0.0745. The Bertz CT molecular complexity index is 815. The van der Waals surface area contributed by atoms with Gasteiger partial charge in [-0.2, -0.15) is 5.10 Å². The second-order valence-corrected chi connectivity index (χ2v) is 6.46. The van der Waals surface area contributed by atoms with Gasteiger partial charge in [0, 0.05) is 24.7 Å². The highest BCUT2D eigenvalue weighted by Crippen LogP contribution is 2.28. The third-order valence-electron chi connectivity index (χ3n) is 3.75. The van der Waals surface area contributed by atoms with Crippen molar-refractivity contribution in [2.45, 2.75) is 20.4 Å². The molecule has 0 spiro atoms. The first-order valence-corrected chi connectivity index (χ1v) is 8.45. The molecular formula is C17H20N4OS. The first-order chi connectivity index (χ1) is 11.1. The molecular weight excluding hydrogens is 308 g/mol. The zero-order valence-corrected chi connectivity index (χ0v) is 14.3. The number of benzene rings is 1. The van der Waals surface area contributed by atoms with Crippen LogP contribution in [0, 0.1) is 6.92 Å². The van der Waals surface area contributed by atoms with Crippen LogP contribution in [0.5, 0.6) is 0 Å². The monoisotopic (exact) mass is 328 g/mol. The zero-order valence-electron chi connectivity index (χ0n) is 13.5. The fraction of sp³-hybridized carbons (Fsp3) is 0.294. The van der Waals surface area contributed by atoms with Gasteiger partial charge in [-0.1, -0.05) is 25.1 Å². The van der Waals surface area contributed by atoms with Crippen molar-refractivity contribution in [1.29, 1.82) is 0 Å². The predicted octanol–water partition coefficient (Wildman–Crippen LogP) is 3.31. The molecule has 0 unspecified atom stereocenters. The Morgan fingerprint density at radius 3 is 2.87 bits per heavy atom. The summed E-state index contributed by atoms with van der Waals surface area (Å²) >= 11 is 1.47. The van der Waals surface area contributed by atoms with E-state index in [-0.39, 0.29) is 5.91 Å². The lowest BCUT2D eigenvalue weighted by atomic mass is 10.1. The fourth-order valence-corrected chi connectivity index (χ4v) is 3.58. The summed E-state index contributed by atoms with van der Waals surface area (Å²) in [4.78, 5) is 14.3. The van der Waals surface area contributed by atoms with Crippen LogP contribution in [0.4, 0.5) is 5.69 Å². The van der Waals surface area contributed by atoms with Crippen LogP contribution in [-0.2, 0) is 13.6 Å². The second kappa shape index (κ2) is 6.52. The van der Waals surface area contributed by atoms with Crippen LogP contribution in [-0.4, -0.2) is 22.2 Å². The van der Waals surface area contributed by atoms with E-state index in [0.717, 1.165) is 40.3 Å². The number of aromatic nitrogens is 2. The molecule has 3 rings (SSSR count). The predicted molar refractivity (Wildman–Crippen MR) is 95.1 cm³/mol. The number of fused-ring (bicyclic) bond motifs is 1. The van der Waals surface area contributed by atoms with E-state index in [1.165, 1.54) is 11.3 Å². The Hall–Kier alpha value is -2.18. The van der Waals surface area contributed by atoms with Gasteiger partial charge in [-0.15, -0.1) is 11.3 Å². The SMILES string of the molecule is CCNCc1ccccc1NC(=O)c1cc2c(C)nn(C)c2s1. The van der Waals surface area contributed by atoms with Crippen molar-refractivity contribution < 1.29 is 4.79 Å². The van der Waals surface area contributed by atoms with Crippen molar-refractivity contribution in [1.82, 2.24) is 15.1 Å². The molecule has 3 aromatic rings. The zero-order chi connectivity index (χ0) is 16.4. The van der Waals surface area contributed by atoms with Crippen molar-refractivity contribution in [2.75, 3.05) is 11.9 Å². The van der Waals surface area contributed by atoms with Crippen LogP contribution in [0.1, 0.15) is 27.9 Å². The molecule has 2 aromatic heterocycles. The maximum atomic E-state index is 12.6. The number of rotatable bonds is 5. The Balaban J connectivity index is 1.84.